The zero-order valence-electron chi connectivity index (χ0n) is 24.0. The van der Waals surface area contributed by atoms with Gasteiger partial charge in [0.25, 0.3) is 0 Å². The quantitative estimate of drug-likeness (QED) is 0.491. The average molecular weight is 465 g/mol. The van der Waals surface area contributed by atoms with E-state index in [9.17, 15) is 9.90 Å². The highest BCUT2D eigenvalue weighted by molar-refractivity contribution is 5.87. The highest BCUT2D eigenvalue weighted by Crippen LogP contribution is 2.46. The number of hydrogen-bond acceptors (Lipinski definition) is 1. The van der Waals surface area contributed by atoms with Crippen molar-refractivity contribution in [2.24, 2.45) is 0 Å². The van der Waals surface area contributed by atoms with Crippen LogP contribution >= 0.6 is 0 Å². The van der Waals surface area contributed by atoms with Gasteiger partial charge in [-0.25, -0.2) is 0 Å². The molecule has 188 valence electrons. The summed E-state index contributed by atoms with van der Waals surface area (Å²) in [5, 5.41) is 11.0. The average Bonchev–Trinajstić information content (AvgIpc) is 2.66. The fourth-order valence-corrected chi connectivity index (χ4v) is 4.91. The van der Waals surface area contributed by atoms with Gasteiger partial charge in [-0.15, -0.1) is 0 Å². The topological polar surface area (TPSA) is 37.3 Å². The monoisotopic (exact) mass is 464 g/mol. The molecule has 0 bridgehead atoms. The number of carbonyl (C=O) groups is 1. The van der Waals surface area contributed by atoms with E-state index >= 15 is 0 Å². The first kappa shape index (κ1) is 28.1. The smallest absolute Gasteiger partial charge is 0.318 e. The van der Waals surface area contributed by atoms with Crippen molar-refractivity contribution in [3.63, 3.8) is 0 Å². The van der Waals surface area contributed by atoms with Gasteiger partial charge in [-0.05, 0) is 61.5 Å². The Morgan fingerprint density at radius 3 is 1.12 bits per heavy atom. The SMILES string of the molecule is CCC(C(=O)O)(c1ccc(C(C)(C)C)cc1C(C)(C)C)c1ccc(C(C)(C)C)cc1C(C)(C)C. The van der Waals surface area contributed by atoms with Gasteiger partial charge in [0.2, 0.25) is 0 Å². The highest BCUT2D eigenvalue weighted by atomic mass is 16.4. The van der Waals surface area contributed by atoms with E-state index in [-0.39, 0.29) is 21.7 Å². The van der Waals surface area contributed by atoms with E-state index in [0.717, 1.165) is 22.3 Å². The number of carboxylic acid groups (broad SMARTS) is 1. The van der Waals surface area contributed by atoms with Crippen molar-refractivity contribution in [1.82, 2.24) is 0 Å². The van der Waals surface area contributed by atoms with Crippen LogP contribution in [0.1, 0.15) is 130 Å². The predicted molar refractivity (Wildman–Crippen MR) is 146 cm³/mol. The zero-order chi connectivity index (χ0) is 26.5. The molecule has 1 N–H and O–H groups in total. The second-order valence-corrected chi connectivity index (χ2v) is 14.1. The van der Waals surface area contributed by atoms with Crippen molar-refractivity contribution < 1.29 is 9.90 Å². The Bertz CT molecular complexity index is 969. The summed E-state index contributed by atoms with van der Waals surface area (Å²) < 4.78 is 0. The normalized spacial score (nSPS) is 13.8. The maximum absolute atomic E-state index is 13.4. The molecule has 0 aliphatic heterocycles. The van der Waals surface area contributed by atoms with E-state index in [1.807, 2.05) is 6.92 Å². The van der Waals surface area contributed by atoms with Crippen LogP contribution < -0.4 is 0 Å². The van der Waals surface area contributed by atoms with Crippen LogP contribution in [-0.2, 0) is 31.9 Å². The predicted octanol–water partition coefficient (Wildman–Crippen LogP) is 8.66. The van der Waals surface area contributed by atoms with Gasteiger partial charge in [0.15, 0.2) is 0 Å². The van der Waals surface area contributed by atoms with Gasteiger partial charge in [-0.3, -0.25) is 4.79 Å². The van der Waals surface area contributed by atoms with Gasteiger partial charge >= 0.3 is 5.97 Å². The Morgan fingerprint density at radius 1 is 0.588 bits per heavy atom. The largest absolute Gasteiger partial charge is 0.480 e. The lowest BCUT2D eigenvalue weighted by atomic mass is 9.63. The van der Waals surface area contributed by atoms with Gasteiger partial charge < -0.3 is 5.11 Å². The Kier molecular flexibility index (Phi) is 7.32. The van der Waals surface area contributed by atoms with Gasteiger partial charge in [-0.1, -0.05) is 126 Å². The van der Waals surface area contributed by atoms with Crippen LogP contribution in [0.2, 0.25) is 0 Å². The third kappa shape index (κ3) is 5.26. The summed E-state index contributed by atoms with van der Waals surface area (Å²) in [5.41, 5.74) is 4.98. The summed E-state index contributed by atoms with van der Waals surface area (Å²) in [7, 11) is 0. The minimum absolute atomic E-state index is 0.0123. The second-order valence-electron chi connectivity index (χ2n) is 14.1. The molecule has 0 aliphatic carbocycles. The first-order valence-electron chi connectivity index (χ1n) is 12.7. The molecule has 2 nitrogen and oxygen atoms in total. The summed E-state index contributed by atoms with van der Waals surface area (Å²) in [6, 6.07) is 13.0. The molecule has 0 aromatic heterocycles. The number of carboxylic acids is 1. The van der Waals surface area contributed by atoms with Crippen molar-refractivity contribution in [2.45, 2.75) is 124 Å². The molecule has 0 amide bonds. The minimum atomic E-state index is -1.13. The van der Waals surface area contributed by atoms with Crippen LogP contribution in [0.5, 0.6) is 0 Å². The number of aliphatic carboxylic acids is 1. The minimum Gasteiger partial charge on any atom is -0.480 e. The lowest BCUT2D eigenvalue weighted by Gasteiger charge is -2.39. The summed E-state index contributed by atoms with van der Waals surface area (Å²) in [5.74, 6) is -0.780. The Balaban J connectivity index is 3.07. The zero-order valence-corrected chi connectivity index (χ0v) is 24.0. The molecule has 0 aliphatic rings. The Hall–Kier alpha value is -2.09. The van der Waals surface area contributed by atoms with Gasteiger partial charge in [0.1, 0.15) is 5.41 Å². The lowest BCUT2D eigenvalue weighted by molar-refractivity contribution is -0.142. The molecule has 2 aromatic rings. The lowest BCUT2D eigenvalue weighted by Crippen LogP contribution is -2.41. The van der Waals surface area contributed by atoms with E-state index in [0.29, 0.717) is 6.42 Å². The van der Waals surface area contributed by atoms with Crippen molar-refractivity contribution in [3.05, 3.63) is 69.8 Å². The molecule has 34 heavy (non-hydrogen) atoms. The third-order valence-corrected chi connectivity index (χ3v) is 7.20. The van der Waals surface area contributed by atoms with Crippen LogP contribution in [0.15, 0.2) is 36.4 Å². The van der Waals surface area contributed by atoms with Crippen LogP contribution in [0, 0.1) is 0 Å². The Morgan fingerprint density at radius 2 is 0.912 bits per heavy atom. The van der Waals surface area contributed by atoms with E-state index < -0.39 is 11.4 Å². The maximum atomic E-state index is 13.4. The Labute approximate surface area is 209 Å². The second kappa shape index (κ2) is 8.85. The molecule has 0 saturated carbocycles. The number of hydrogen-bond donors (Lipinski definition) is 1. The number of benzene rings is 2. The van der Waals surface area contributed by atoms with Crippen molar-refractivity contribution in [1.29, 1.82) is 0 Å². The van der Waals surface area contributed by atoms with Gasteiger partial charge in [0, 0.05) is 0 Å². The molecule has 0 atom stereocenters. The molecule has 2 heteroatoms. The molecule has 0 spiro atoms. The van der Waals surface area contributed by atoms with Crippen molar-refractivity contribution in [2.75, 3.05) is 0 Å². The van der Waals surface area contributed by atoms with Gasteiger partial charge in [-0.2, -0.15) is 0 Å². The first-order valence-corrected chi connectivity index (χ1v) is 12.7. The van der Waals surface area contributed by atoms with Crippen molar-refractivity contribution in [3.8, 4) is 0 Å². The molecule has 0 fully saturated rings. The van der Waals surface area contributed by atoms with Crippen molar-refractivity contribution >= 4 is 5.97 Å². The number of rotatable bonds is 4. The molecule has 0 radical (unpaired) electrons. The summed E-state index contributed by atoms with van der Waals surface area (Å²) in [4.78, 5) is 13.4. The molecular weight excluding hydrogens is 416 g/mol. The van der Waals surface area contributed by atoms with Crippen LogP contribution in [-0.4, -0.2) is 11.1 Å². The maximum Gasteiger partial charge on any atom is 0.318 e. The molecular formula is C32H48O2. The van der Waals surface area contributed by atoms with E-state index in [2.05, 4.69) is 119 Å². The van der Waals surface area contributed by atoms with Crippen LogP contribution in [0.4, 0.5) is 0 Å². The van der Waals surface area contributed by atoms with Crippen LogP contribution in [0.3, 0.4) is 0 Å². The van der Waals surface area contributed by atoms with E-state index in [1.54, 1.807) is 0 Å². The summed E-state index contributed by atoms with van der Waals surface area (Å²) in [6.07, 6.45) is 0.484. The molecule has 0 unspecified atom stereocenters. The molecule has 0 heterocycles. The standard InChI is InChI=1S/C32H48O2/c1-14-32(27(33)34,23-17-15-21(28(2,3)4)19-25(23)30(8,9)10)24-18-16-22(29(5,6)7)20-26(24)31(11,12)13/h15-20H,14H2,1-13H3,(H,33,34). The molecule has 2 rings (SSSR count). The summed E-state index contributed by atoms with van der Waals surface area (Å²) >= 11 is 0. The van der Waals surface area contributed by atoms with Gasteiger partial charge in [0.05, 0.1) is 0 Å². The third-order valence-electron chi connectivity index (χ3n) is 7.20. The molecule has 2 aromatic carbocycles. The fraction of sp³-hybridized carbons (Fsp3) is 0.594. The fourth-order valence-electron chi connectivity index (χ4n) is 4.91. The van der Waals surface area contributed by atoms with Crippen LogP contribution in [0.25, 0.3) is 0 Å². The first-order chi connectivity index (χ1) is 15.2. The van der Waals surface area contributed by atoms with E-state index in [4.69, 9.17) is 0 Å². The summed E-state index contributed by atoms with van der Waals surface area (Å²) in [6.45, 7) is 28.4. The van der Waals surface area contributed by atoms with E-state index in [1.165, 1.54) is 11.1 Å². The highest BCUT2D eigenvalue weighted by Gasteiger charge is 2.46. The molecule has 0 saturated heterocycles.